The van der Waals surface area contributed by atoms with Gasteiger partial charge >= 0.3 is 5.97 Å². The van der Waals surface area contributed by atoms with Crippen molar-refractivity contribution in [3.8, 4) is 0 Å². The van der Waals surface area contributed by atoms with Crippen LogP contribution < -0.4 is 5.32 Å². The van der Waals surface area contributed by atoms with Gasteiger partial charge in [-0.3, -0.25) is 9.59 Å². The number of halogens is 1. The van der Waals surface area contributed by atoms with E-state index in [0.29, 0.717) is 5.69 Å². The van der Waals surface area contributed by atoms with Gasteiger partial charge in [-0.2, -0.15) is 0 Å². The van der Waals surface area contributed by atoms with Crippen LogP contribution in [0.15, 0.2) is 18.2 Å². The van der Waals surface area contributed by atoms with Gasteiger partial charge in [-0.25, -0.2) is 4.39 Å². The van der Waals surface area contributed by atoms with Crippen LogP contribution in [-0.2, 0) is 16.0 Å². The number of benzene rings is 1. The fraction of sp³-hybridized carbons (Fsp3) is 0.500. The van der Waals surface area contributed by atoms with E-state index in [1.165, 1.54) is 12.1 Å². The Balaban J connectivity index is 2.11. The predicted molar refractivity (Wildman–Crippen MR) is 77.6 cm³/mol. The van der Waals surface area contributed by atoms with Gasteiger partial charge in [0.25, 0.3) is 0 Å². The van der Waals surface area contributed by atoms with Crippen molar-refractivity contribution in [3.05, 3.63) is 29.6 Å². The number of nitrogens with one attached hydrogen (secondary N) is 1. The van der Waals surface area contributed by atoms with E-state index in [1.807, 2.05) is 6.92 Å². The molecule has 114 valence electrons. The Labute approximate surface area is 123 Å². The molecule has 1 amide bonds. The van der Waals surface area contributed by atoms with Crippen molar-refractivity contribution in [2.24, 2.45) is 5.41 Å². The summed E-state index contributed by atoms with van der Waals surface area (Å²) in [6, 6.07) is 4.15. The zero-order chi connectivity index (χ0) is 15.5. The lowest BCUT2D eigenvalue weighted by Gasteiger charge is -2.26. The van der Waals surface area contributed by atoms with Crippen molar-refractivity contribution in [1.82, 2.24) is 0 Å². The Morgan fingerprint density at radius 3 is 2.52 bits per heavy atom. The first-order valence-electron chi connectivity index (χ1n) is 7.28. The number of carboxylic acids is 1. The van der Waals surface area contributed by atoms with Crippen LogP contribution in [0.3, 0.4) is 0 Å². The molecule has 0 aliphatic heterocycles. The molecule has 4 nitrogen and oxygen atoms in total. The molecule has 0 bridgehead atoms. The highest BCUT2D eigenvalue weighted by Crippen LogP contribution is 2.41. The molecule has 0 heterocycles. The first kappa shape index (κ1) is 15.5. The summed E-state index contributed by atoms with van der Waals surface area (Å²) in [6.07, 6.45) is 4.25. The Bertz CT molecular complexity index is 550. The number of carbonyl (C=O) groups is 2. The maximum atomic E-state index is 13.8. The van der Waals surface area contributed by atoms with E-state index in [2.05, 4.69) is 5.32 Å². The van der Waals surface area contributed by atoms with Crippen molar-refractivity contribution < 1.29 is 19.1 Å². The van der Waals surface area contributed by atoms with Gasteiger partial charge in [-0.05, 0) is 37.0 Å². The van der Waals surface area contributed by atoms with Crippen molar-refractivity contribution in [3.63, 3.8) is 0 Å². The molecule has 21 heavy (non-hydrogen) atoms. The first-order chi connectivity index (χ1) is 9.97. The minimum Gasteiger partial charge on any atom is -0.481 e. The first-order valence-corrected chi connectivity index (χ1v) is 7.28. The van der Waals surface area contributed by atoms with Crippen LogP contribution in [0.1, 0.15) is 44.6 Å². The lowest BCUT2D eigenvalue weighted by molar-refractivity contribution is -0.136. The SMILES string of the molecule is CCC1(C(=O)Nc2ccc(CC(=O)O)c(F)c2)CCCC1. The van der Waals surface area contributed by atoms with Crippen molar-refractivity contribution in [2.45, 2.75) is 45.4 Å². The molecule has 1 aromatic carbocycles. The second-order valence-electron chi connectivity index (χ2n) is 5.67. The summed E-state index contributed by atoms with van der Waals surface area (Å²) in [6.45, 7) is 2.00. The van der Waals surface area contributed by atoms with Crippen molar-refractivity contribution in [2.75, 3.05) is 5.32 Å². The summed E-state index contributed by atoms with van der Waals surface area (Å²) in [7, 11) is 0. The Hall–Kier alpha value is -1.91. The van der Waals surface area contributed by atoms with E-state index in [-0.39, 0.29) is 23.3 Å². The summed E-state index contributed by atoms with van der Waals surface area (Å²) in [5.74, 6) is -1.75. The smallest absolute Gasteiger partial charge is 0.307 e. The molecule has 0 unspecified atom stereocenters. The molecule has 0 radical (unpaired) electrons. The molecular weight excluding hydrogens is 273 g/mol. The molecule has 0 aromatic heterocycles. The number of hydrogen-bond acceptors (Lipinski definition) is 2. The van der Waals surface area contributed by atoms with Gasteiger partial charge in [0, 0.05) is 11.1 Å². The highest BCUT2D eigenvalue weighted by atomic mass is 19.1. The minimum atomic E-state index is -1.08. The minimum absolute atomic E-state index is 0.0621. The molecule has 0 spiro atoms. The zero-order valence-corrected chi connectivity index (χ0v) is 12.1. The Morgan fingerprint density at radius 1 is 1.33 bits per heavy atom. The summed E-state index contributed by atoms with van der Waals surface area (Å²) in [5, 5.41) is 11.4. The van der Waals surface area contributed by atoms with Gasteiger partial charge in [0.15, 0.2) is 0 Å². The van der Waals surface area contributed by atoms with Crippen LogP contribution in [0.5, 0.6) is 0 Å². The van der Waals surface area contributed by atoms with Gasteiger partial charge in [-0.15, -0.1) is 0 Å². The average Bonchev–Trinajstić information content (AvgIpc) is 2.91. The molecule has 1 aliphatic rings. The second kappa shape index (κ2) is 6.24. The maximum absolute atomic E-state index is 13.8. The standard InChI is InChI=1S/C16H20FNO3/c1-2-16(7-3-4-8-16)15(21)18-12-6-5-11(9-14(19)20)13(17)10-12/h5-6,10H,2-4,7-9H2,1H3,(H,18,21)(H,19,20). The largest absolute Gasteiger partial charge is 0.481 e. The number of amides is 1. The Kier molecular flexibility index (Phi) is 4.60. The number of rotatable bonds is 5. The normalized spacial score (nSPS) is 16.7. The number of aliphatic carboxylic acids is 1. The fourth-order valence-electron chi connectivity index (χ4n) is 2.99. The highest BCUT2D eigenvalue weighted by molar-refractivity contribution is 5.95. The number of carbonyl (C=O) groups excluding carboxylic acids is 1. The fourth-order valence-corrected chi connectivity index (χ4v) is 2.99. The van der Waals surface area contributed by atoms with E-state index in [0.717, 1.165) is 32.1 Å². The van der Waals surface area contributed by atoms with E-state index < -0.39 is 11.8 Å². The van der Waals surface area contributed by atoms with Crippen molar-refractivity contribution >= 4 is 17.6 Å². The molecule has 1 fully saturated rings. The third kappa shape index (κ3) is 3.40. The predicted octanol–water partition coefficient (Wildman–Crippen LogP) is 3.36. The third-order valence-corrected chi connectivity index (χ3v) is 4.37. The Morgan fingerprint density at radius 2 is 2.00 bits per heavy atom. The van der Waals surface area contributed by atoms with E-state index in [1.54, 1.807) is 6.07 Å². The van der Waals surface area contributed by atoms with Crippen LogP contribution in [0.25, 0.3) is 0 Å². The van der Waals surface area contributed by atoms with E-state index >= 15 is 0 Å². The van der Waals surface area contributed by atoms with Crippen LogP contribution in [0.4, 0.5) is 10.1 Å². The third-order valence-electron chi connectivity index (χ3n) is 4.37. The second-order valence-corrected chi connectivity index (χ2v) is 5.67. The number of hydrogen-bond donors (Lipinski definition) is 2. The summed E-state index contributed by atoms with van der Waals surface area (Å²) >= 11 is 0. The van der Waals surface area contributed by atoms with Gasteiger partial charge in [0.05, 0.1) is 6.42 Å². The molecule has 5 heteroatoms. The lowest BCUT2D eigenvalue weighted by Crippen LogP contribution is -2.33. The van der Waals surface area contributed by atoms with E-state index in [9.17, 15) is 14.0 Å². The van der Waals surface area contributed by atoms with Gasteiger partial charge in [0.1, 0.15) is 5.82 Å². The molecule has 0 atom stereocenters. The highest BCUT2D eigenvalue weighted by Gasteiger charge is 2.39. The average molecular weight is 293 g/mol. The van der Waals surface area contributed by atoms with Gasteiger partial charge in [-0.1, -0.05) is 25.8 Å². The number of anilines is 1. The topological polar surface area (TPSA) is 66.4 Å². The number of carboxylic acid groups (broad SMARTS) is 1. The maximum Gasteiger partial charge on any atom is 0.307 e. The van der Waals surface area contributed by atoms with Crippen LogP contribution >= 0.6 is 0 Å². The monoisotopic (exact) mass is 293 g/mol. The molecule has 2 rings (SSSR count). The van der Waals surface area contributed by atoms with Crippen LogP contribution in [0, 0.1) is 11.2 Å². The van der Waals surface area contributed by atoms with Crippen molar-refractivity contribution in [1.29, 1.82) is 0 Å². The molecule has 1 aliphatic carbocycles. The summed E-state index contributed by atoms with van der Waals surface area (Å²) < 4.78 is 13.8. The van der Waals surface area contributed by atoms with Crippen LogP contribution in [0.2, 0.25) is 0 Å². The quantitative estimate of drug-likeness (QED) is 0.874. The molecular formula is C16H20FNO3. The summed E-state index contributed by atoms with van der Waals surface area (Å²) in [5.41, 5.74) is 0.161. The lowest BCUT2D eigenvalue weighted by atomic mass is 9.82. The zero-order valence-electron chi connectivity index (χ0n) is 12.1. The molecule has 1 saturated carbocycles. The molecule has 0 saturated heterocycles. The van der Waals surface area contributed by atoms with Gasteiger partial charge in [0.2, 0.25) is 5.91 Å². The van der Waals surface area contributed by atoms with Crippen LogP contribution in [-0.4, -0.2) is 17.0 Å². The molecule has 1 aromatic rings. The summed E-state index contributed by atoms with van der Waals surface area (Å²) in [4.78, 5) is 23.0. The van der Waals surface area contributed by atoms with Gasteiger partial charge < -0.3 is 10.4 Å². The molecule has 2 N–H and O–H groups in total. The van der Waals surface area contributed by atoms with E-state index in [4.69, 9.17) is 5.11 Å².